The molecule has 24 heavy (non-hydrogen) atoms. The standard InChI is InChI=1S/C15H18N2O.C2H2O4/c1-12(14-5-7-15(18-2)8-6-14)17-11-13-4-3-9-16-10-13;3-1(4)2(5)6/h3-10,12,17H,11H2,1-2H3;(H,3,4)(H,5,6). The third-order valence-corrected chi connectivity index (χ3v) is 3.25. The van der Waals surface area contributed by atoms with E-state index < -0.39 is 11.9 Å². The Morgan fingerprint density at radius 2 is 1.92 bits per heavy atom. The first-order valence-corrected chi connectivity index (χ1v) is 7.24. The van der Waals surface area contributed by atoms with Gasteiger partial charge >= 0.3 is 5.97 Å². The van der Waals surface area contributed by atoms with Gasteiger partial charge in [0.15, 0.2) is 5.97 Å². The van der Waals surface area contributed by atoms with Crippen molar-refractivity contribution in [2.75, 3.05) is 7.11 Å². The van der Waals surface area contributed by atoms with Gasteiger partial charge in [-0.1, -0.05) is 6.07 Å². The Morgan fingerprint density at radius 3 is 2.38 bits per heavy atom. The number of nitrogens with two attached hydrogens (primary N) is 1. The first-order valence-electron chi connectivity index (χ1n) is 7.24. The molecule has 0 radical (unpaired) electrons. The van der Waals surface area contributed by atoms with Crippen LogP contribution in [0.3, 0.4) is 0 Å². The van der Waals surface area contributed by atoms with Gasteiger partial charge in [0, 0.05) is 23.5 Å². The number of hydrogen-bond donors (Lipinski definition) is 2. The highest BCUT2D eigenvalue weighted by Gasteiger charge is 2.08. The van der Waals surface area contributed by atoms with Crippen LogP contribution in [0, 0.1) is 0 Å². The molecule has 0 aliphatic heterocycles. The third kappa shape index (κ3) is 6.89. The molecule has 7 heteroatoms. The lowest BCUT2D eigenvalue weighted by Crippen LogP contribution is -2.83. The zero-order chi connectivity index (χ0) is 17.9. The van der Waals surface area contributed by atoms with E-state index in [9.17, 15) is 0 Å². The highest BCUT2D eigenvalue weighted by Crippen LogP contribution is 2.14. The van der Waals surface area contributed by atoms with Gasteiger partial charge in [0.1, 0.15) is 18.3 Å². The molecule has 1 heterocycles. The van der Waals surface area contributed by atoms with Crippen LogP contribution in [-0.2, 0) is 16.1 Å². The summed E-state index contributed by atoms with van der Waals surface area (Å²) in [6, 6.07) is 12.7. The molecule has 1 atom stereocenters. The van der Waals surface area contributed by atoms with Gasteiger partial charge in [-0.05, 0) is 37.3 Å². The van der Waals surface area contributed by atoms with Crippen LogP contribution in [0.4, 0.5) is 0 Å². The van der Waals surface area contributed by atoms with Gasteiger partial charge in [-0.25, -0.2) is 4.79 Å². The predicted octanol–water partition coefficient (Wildman–Crippen LogP) is -0.264. The van der Waals surface area contributed by atoms with Crippen molar-refractivity contribution in [3.05, 3.63) is 59.9 Å². The van der Waals surface area contributed by atoms with E-state index >= 15 is 0 Å². The maximum Gasteiger partial charge on any atom is 0.351 e. The molecule has 0 aliphatic rings. The summed E-state index contributed by atoms with van der Waals surface area (Å²) < 4.78 is 5.16. The number of rotatable bonds is 5. The Morgan fingerprint density at radius 1 is 1.29 bits per heavy atom. The molecule has 1 aromatic heterocycles. The van der Waals surface area contributed by atoms with Crippen LogP contribution >= 0.6 is 0 Å². The number of pyridine rings is 1. The van der Waals surface area contributed by atoms with E-state index in [1.807, 2.05) is 24.4 Å². The second-order valence-electron chi connectivity index (χ2n) is 4.96. The van der Waals surface area contributed by atoms with Crippen molar-refractivity contribution in [3.63, 3.8) is 0 Å². The molecule has 0 spiro atoms. The molecule has 0 bridgehead atoms. The average molecular weight is 332 g/mol. The lowest BCUT2D eigenvalue weighted by Gasteiger charge is -2.11. The molecule has 128 valence electrons. The van der Waals surface area contributed by atoms with Crippen LogP contribution in [0.2, 0.25) is 0 Å². The molecule has 0 amide bonds. The molecule has 7 nitrogen and oxygen atoms in total. The maximum absolute atomic E-state index is 9.04. The predicted molar refractivity (Wildman–Crippen MR) is 83.9 cm³/mol. The van der Waals surface area contributed by atoms with Crippen LogP contribution < -0.4 is 15.2 Å². The van der Waals surface area contributed by atoms with Crippen LogP contribution in [0.15, 0.2) is 48.8 Å². The van der Waals surface area contributed by atoms with Gasteiger partial charge in [-0.3, -0.25) is 4.98 Å². The summed E-state index contributed by atoms with van der Waals surface area (Å²) in [6.45, 7) is 3.15. The van der Waals surface area contributed by atoms with Crippen molar-refractivity contribution < 1.29 is 29.9 Å². The first kappa shape index (κ1) is 19.1. The Bertz CT molecular complexity index is 632. The van der Waals surface area contributed by atoms with Gasteiger partial charge in [-0.15, -0.1) is 0 Å². The molecule has 0 fully saturated rings. The van der Waals surface area contributed by atoms with E-state index in [1.54, 1.807) is 13.3 Å². The molecule has 0 aliphatic carbocycles. The number of benzene rings is 1. The minimum atomic E-state index is -2.07. The van der Waals surface area contributed by atoms with E-state index in [1.165, 1.54) is 11.1 Å². The minimum absolute atomic E-state index is 0.427. The third-order valence-electron chi connectivity index (χ3n) is 3.25. The van der Waals surface area contributed by atoms with Crippen molar-refractivity contribution >= 4 is 11.9 Å². The van der Waals surface area contributed by atoms with E-state index in [2.05, 4.69) is 35.4 Å². The molecule has 2 rings (SSSR count). The number of methoxy groups -OCH3 is 1. The van der Waals surface area contributed by atoms with Crippen LogP contribution in [-0.4, -0.2) is 29.1 Å². The van der Waals surface area contributed by atoms with Crippen molar-refractivity contribution in [3.8, 4) is 5.75 Å². The Hall–Kier alpha value is -2.93. The number of carbonyl (C=O) groups is 2. The Labute approximate surface area is 139 Å². The number of quaternary nitrogens is 1. The number of carbonyl (C=O) groups excluding carboxylic acids is 1. The molecule has 1 unspecified atom stereocenters. The lowest BCUT2D eigenvalue weighted by atomic mass is 10.1. The van der Waals surface area contributed by atoms with Gasteiger partial charge < -0.3 is 25.1 Å². The normalized spacial score (nSPS) is 10.9. The van der Waals surface area contributed by atoms with Crippen LogP contribution in [0.5, 0.6) is 5.75 Å². The van der Waals surface area contributed by atoms with Gasteiger partial charge in [0.25, 0.3) is 0 Å². The van der Waals surface area contributed by atoms with Gasteiger partial charge in [-0.2, -0.15) is 0 Å². The second kappa shape index (κ2) is 9.96. The Kier molecular flexibility index (Phi) is 7.93. The van der Waals surface area contributed by atoms with E-state index in [0.717, 1.165) is 12.3 Å². The summed E-state index contributed by atoms with van der Waals surface area (Å²) in [6.07, 6.45) is 3.72. The quantitative estimate of drug-likeness (QED) is 0.729. The minimum Gasteiger partial charge on any atom is -0.539 e. The number of ether oxygens (including phenoxy) is 1. The summed E-state index contributed by atoms with van der Waals surface area (Å²) in [4.78, 5) is 22.1. The topological polar surface area (TPSA) is 116 Å². The Balaban J connectivity index is 0.000000413. The number of carboxylic acid groups (broad SMARTS) is 2. The molecule has 0 saturated carbocycles. The molecule has 1 aromatic carbocycles. The largest absolute Gasteiger partial charge is 0.539 e. The highest BCUT2D eigenvalue weighted by molar-refractivity contribution is 6.26. The fraction of sp³-hybridized carbons (Fsp3) is 0.235. The number of hydrogen-bond acceptors (Lipinski definition) is 5. The fourth-order valence-corrected chi connectivity index (χ4v) is 1.88. The zero-order valence-electron chi connectivity index (χ0n) is 13.5. The fourth-order valence-electron chi connectivity index (χ4n) is 1.88. The van der Waals surface area contributed by atoms with Crippen molar-refractivity contribution in [2.24, 2.45) is 0 Å². The second-order valence-corrected chi connectivity index (χ2v) is 4.96. The summed E-state index contributed by atoms with van der Waals surface area (Å²) in [5.74, 6) is -3.11. The van der Waals surface area contributed by atoms with Crippen molar-refractivity contribution in [2.45, 2.75) is 19.5 Å². The summed E-state index contributed by atoms with van der Waals surface area (Å²) in [5.41, 5.74) is 2.55. The zero-order valence-corrected chi connectivity index (χ0v) is 13.5. The highest BCUT2D eigenvalue weighted by atomic mass is 16.5. The number of aromatic nitrogens is 1. The summed E-state index contributed by atoms with van der Waals surface area (Å²) in [5, 5.41) is 18.6. The SMILES string of the molecule is COc1ccc(C(C)[NH2+]Cc2cccnc2)cc1.O=C([O-])C(=O)O. The maximum atomic E-state index is 9.04. The van der Waals surface area contributed by atoms with Crippen molar-refractivity contribution in [1.29, 1.82) is 0 Å². The van der Waals surface area contributed by atoms with E-state index in [4.69, 9.17) is 24.5 Å². The molecule has 3 N–H and O–H groups in total. The summed E-state index contributed by atoms with van der Waals surface area (Å²) in [7, 11) is 1.69. The first-order chi connectivity index (χ1) is 11.4. The van der Waals surface area contributed by atoms with Gasteiger partial charge in [0.05, 0.1) is 7.11 Å². The summed E-state index contributed by atoms with van der Waals surface area (Å²) >= 11 is 0. The number of carboxylic acids is 2. The molecular formula is C17H20N2O5. The molecule has 0 saturated heterocycles. The number of nitrogens with zero attached hydrogens (tertiary/aromatic N) is 1. The van der Waals surface area contributed by atoms with E-state index in [0.29, 0.717) is 6.04 Å². The molecule has 2 aromatic rings. The lowest BCUT2D eigenvalue weighted by molar-refractivity contribution is -0.708. The van der Waals surface area contributed by atoms with Crippen LogP contribution in [0.25, 0.3) is 0 Å². The smallest absolute Gasteiger partial charge is 0.351 e. The molecular weight excluding hydrogens is 312 g/mol. The average Bonchev–Trinajstić information content (AvgIpc) is 2.61. The van der Waals surface area contributed by atoms with Gasteiger partial charge in [0.2, 0.25) is 0 Å². The number of aliphatic carboxylic acids is 2. The van der Waals surface area contributed by atoms with E-state index in [-0.39, 0.29) is 0 Å². The van der Waals surface area contributed by atoms with Crippen molar-refractivity contribution in [1.82, 2.24) is 4.98 Å². The van der Waals surface area contributed by atoms with Crippen LogP contribution in [0.1, 0.15) is 24.1 Å². The monoisotopic (exact) mass is 332 g/mol.